The van der Waals surface area contributed by atoms with Gasteiger partial charge in [-0.25, -0.2) is 4.79 Å². The Bertz CT molecular complexity index is 674. The minimum atomic E-state index is -0.257. The predicted octanol–water partition coefficient (Wildman–Crippen LogP) is 1.89. The summed E-state index contributed by atoms with van der Waals surface area (Å²) in [4.78, 5) is 23.9. The van der Waals surface area contributed by atoms with Gasteiger partial charge in [0.05, 0.1) is 6.61 Å². The normalized spacial score (nSPS) is 10.5. The van der Waals surface area contributed by atoms with Gasteiger partial charge < -0.3 is 9.30 Å². The van der Waals surface area contributed by atoms with Crippen molar-refractivity contribution >= 4 is 0 Å². The Morgan fingerprint density at radius 1 is 1.05 bits per heavy atom. The highest BCUT2D eigenvalue weighted by atomic mass is 16.5. The van der Waals surface area contributed by atoms with Crippen molar-refractivity contribution in [3.8, 4) is 5.75 Å². The quantitative estimate of drug-likeness (QED) is 0.731. The molecule has 2 aromatic rings. The average Bonchev–Trinajstić information content (AvgIpc) is 2.50. The molecule has 0 N–H and O–H groups in total. The van der Waals surface area contributed by atoms with Gasteiger partial charge in [-0.1, -0.05) is 25.1 Å². The maximum atomic E-state index is 12.1. The fourth-order valence-corrected chi connectivity index (χ4v) is 2.10. The first-order valence-corrected chi connectivity index (χ1v) is 7.20. The molecule has 1 aromatic carbocycles. The second kappa shape index (κ2) is 7.47. The standard InChI is InChI=1S/C16H20N2O3/c1-2-10-17-12-9-15(19)18(16(17)20)11-6-13-21-14-7-4-3-5-8-14/h3-5,7-9,12H,2,6,10-11,13H2,1H3. The van der Waals surface area contributed by atoms with Crippen molar-refractivity contribution in [2.24, 2.45) is 0 Å². The zero-order chi connectivity index (χ0) is 15.1. The molecule has 1 heterocycles. The molecular weight excluding hydrogens is 268 g/mol. The van der Waals surface area contributed by atoms with Crippen LogP contribution in [-0.2, 0) is 13.1 Å². The number of ether oxygens (including phenoxy) is 1. The molecule has 0 spiro atoms. The topological polar surface area (TPSA) is 53.2 Å². The maximum absolute atomic E-state index is 12.1. The second-order valence-corrected chi connectivity index (χ2v) is 4.80. The fraction of sp³-hybridized carbons (Fsp3) is 0.375. The zero-order valence-corrected chi connectivity index (χ0v) is 12.2. The average molecular weight is 288 g/mol. The summed E-state index contributed by atoms with van der Waals surface area (Å²) in [6, 6.07) is 10.9. The Balaban J connectivity index is 1.95. The van der Waals surface area contributed by atoms with E-state index in [1.165, 1.54) is 10.6 Å². The van der Waals surface area contributed by atoms with Crippen molar-refractivity contribution in [2.45, 2.75) is 32.9 Å². The van der Waals surface area contributed by atoms with Crippen LogP contribution in [0, 0.1) is 0 Å². The van der Waals surface area contributed by atoms with Gasteiger partial charge in [0.15, 0.2) is 0 Å². The lowest BCUT2D eigenvalue weighted by Crippen LogP contribution is -2.39. The highest BCUT2D eigenvalue weighted by molar-refractivity contribution is 5.20. The molecule has 5 heteroatoms. The summed E-state index contributed by atoms with van der Waals surface area (Å²) < 4.78 is 8.40. The summed E-state index contributed by atoms with van der Waals surface area (Å²) in [7, 11) is 0. The molecule has 1 aromatic heterocycles. The van der Waals surface area contributed by atoms with E-state index in [0.29, 0.717) is 26.1 Å². The van der Waals surface area contributed by atoms with Crippen LogP contribution in [0.15, 0.2) is 52.2 Å². The van der Waals surface area contributed by atoms with E-state index in [1.54, 1.807) is 10.8 Å². The minimum Gasteiger partial charge on any atom is -0.494 e. The van der Waals surface area contributed by atoms with Crippen LogP contribution < -0.4 is 16.0 Å². The molecule has 0 aliphatic rings. The van der Waals surface area contributed by atoms with Crippen molar-refractivity contribution in [3.63, 3.8) is 0 Å². The zero-order valence-electron chi connectivity index (χ0n) is 12.2. The van der Waals surface area contributed by atoms with E-state index < -0.39 is 0 Å². The number of hydrogen-bond donors (Lipinski definition) is 0. The van der Waals surface area contributed by atoms with Gasteiger partial charge in [0.2, 0.25) is 0 Å². The third kappa shape index (κ3) is 4.08. The van der Waals surface area contributed by atoms with Gasteiger partial charge in [-0.05, 0) is 25.0 Å². The van der Waals surface area contributed by atoms with E-state index in [9.17, 15) is 9.59 Å². The molecule has 0 aliphatic carbocycles. The van der Waals surface area contributed by atoms with Crippen LogP contribution in [-0.4, -0.2) is 15.7 Å². The van der Waals surface area contributed by atoms with Crippen molar-refractivity contribution in [1.82, 2.24) is 9.13 Å². The van der Waals surface area contributed by atoms with Crippen LogP contribution in [0.5, 0.6) is 5.75 Å². The highest BCUT2D eigenvalue weighted by Crippen LogP contribution is 2.08. The van der Waals surface area contributed by atoms with Crippen LogP contribution >= 0.6 is 0 Å². The van der Waals surface area contributed by atoms with Gasteiger partial charge in [0, 0.05) is 25.4 Å². The van der Waals surface area contributed by atoms with Crippen LogP contribution in [0.3, 0.4) is 0 Å². The molecule has 0 amide bonds. The number of aromatic nitrogens is 2. The molecule has 5 nitrogen and oxygen atoms in total. The van der Waals surface area contributed by atoms with Gasteiger partial charge in [0.1, 0.15) is 5.75 Å². The molecule has 112 valence electrons. The monoisotopic (exact) mass is 288 g/mol. The van der Waals surface area contributed by atoms with Gasteiger partial charge in [0.25, 0.3) is 5.56 Å². The first-order valence-electron chi connectivity index (χ1n) is 7.20. The Hall–Kier alpha value is -2.30. The molecule has 2 rings (SSSR count). The van der Waals surface area contributed by atoms with E-state index in [0.717, 1.165) is 12.2 Å². The Kier molecular flexibility index (Phi) is 5.37. The van der Waals surface area contributed by atoms with Crippen molar-refractivity contribution in [3.05, 3.63) is 63.4 Å². The summed E-state index contributed by atoms with van der Waals surface area (Å²) in [6.07, 6.45) is 3.03. The summed E-state index contributed by atoms with van der Waals surface area (Å²) in [5.74, 6) is 0.793. The molecule has 0 saturated carbocycles. The first kappa shape index (κ1) is 15.1. The molecule has 0 unspecified atom stereocenters. The Morgan fingerprint density at radius 3 is 2.52 bits per heavy atom. The van der Waals surface area contributed by atoms with E-state index >= 15 is 0 Å². The second-order valence-electron chi connectivity index (χ2n) is 4.80. The lowest BCUT2D eigenvalue weighted by Gasteiger charge is -2.09. The van der Waals surface area contributed by atoms with Crippen molar-refractivity contribution in [1.29, 1.82) is 0 Å². The number of rotatable bonds is 7. The summed E-state index contributed by atoms with van der Waals surface area (Å²) >= 11 is 0. The van der Waals surface area contributed by atoms with E-state index in [1.807, 2.05) is 37.3 Å². The molecule has 21 heavy (non-hydrogen) atoms. The lowest BCUT2D eigenvalue weighted by atomic mass is 10.3. The molecule has 0 bridgehead atoms. The fourth-order valence-electron chi connectivity index (χ4n) is 2.10. The van der Waals surface area contributed by atoms with Gasteiger partial charge in [-0.2, -0.15) is 0 Å². The van der Waals surface area contributed by atoms with Crippen molar-refractivity contribution in [2.75, 3.05) is 6.61 Å². The van der Waals surface area contributed by atoms with Gasteiger partial charge in [-0.15, -0.1) is 0 Å². The third-order valence-electron chi connectivity index (χ3n) is 3.14. The number of benzene rings is 1. The Morgan fingerprint density at radius 2 is 1.81 bits per heavy atom. The number of para-hydroxylation sites is 1. The molecule has 0 fully saturated rings. The minimum absolute atomic E-state index is 0.246. The molecule has 0 radical (unpaired) electrons. The number of hydrogen-bond acceptors (Lipinski definition) is 3. The lowest BCUT2D eigenvalue weighted by molar-refractivity contribution is 0.298. The van der Waals surface area contributed by atoms with Crippen LogP contribution in [0.1, 0.15) is 19.8 Å². The van der Waals surface area contributed by atoms with Gasteiger partial charge >= 0.3 is 5.69 Å². The Labute approximate surface area is 123 Å². The maximum Gasteiger partial charge on any atom is 0.330 e. The van der Waals surface area contributed by atoms with E-state index in [2.05, 4.69) is 0 Å². The molecule has 0 saturated heterocycles. The largest absolute Gasteiger partial charge is 0.494 e. The van der Waals surface area contributed by atoms with Crippen molar-refractivity contribution < 1.29 is 4.74 Å². The van der Waals surface area contributed by atoms with Gasteiger partial charge in [-0.3, -0.25) is 9.36 Å². The number of aryl methyl sites for hydroxylation is 1. The summed E-state index contributed by atoms with van der Waals surface area (Å²) in [6.45, 7) is 3.46. The smallest absolute Gasteiger partial charge is 0.330 e. The third-order valence-corrected chi connectivity index (χ3v) is 3.14. The van der Waals surface area contributed by atoms with Crippen LogP contribution in [0.25, 0.3) is 0 Å². The first-order chi connectivity index (χ1) is 10.2. The van der Waals surface area contributed by atoms with Crippen LogP contribution in [0.2, 0.25) is 0 Å². The molecule has 0 aliphatic heterocycles. The van der Waals surface area contributed by atoms with E-state index in [4.69, 9.17) is 4.74 Å². The SMILES string of the molecule is CCCn1ccc(=O)n(CCCOc2ccccc2)c1=O. The molecular formula is C16H20N2O3. The summed E-state index contributed by atoms with van der Waals surface area (Å²) in [5.41, 5.74) is -0.504. The highest BCUT2D eigenvalue weighted by Gasteiger charge is 2.04. The predicted molar refractivity (Wildman–Crippen MR) is 81.8 cm³/mol. The van der Waals surface area contributed by atoms with E-state index in [-0.39, 0.29) is 11.2 Å². The summed E-state index contributed by atoms with van der Waals surface area (Å²) in [5, 5.41) is 0. The number of nitrogens with zero attached hydrogens (tertiary/aromatic N) is 2. The van der Waals surface area contributed by atoms with Crippen LogP contribution in [0.4, 0.5) is 0 Å². The molecule has 0 atom stereocenters.